The van der Waals surface area contributed by atoms with Gasteiger partial charge in [0.05, 0.1) is 10.6 Å². The number of piperidine rings is 1. The molecule has 2 aliphatic heterocycles. The van der Waals surface area contributed by atoms with E-state index in [0.717, 1.165) is 12.8 Å². The van der Waals surface area contributed by atoms with Gasteiger partial charge in [0.1, 0.15) is 4.90 Å². The second-order valence-electron chi connectivity index (χ2n) is 7.95. The second-order valence-corrected chi connectivity index (χ2v) is 10.3. The number of anilines is 1. The van der Waals surface area contributed by atoms with Crippen LogP contribution in [0.15, 0.2) is 41.3 Å². The van der Waals surface area contributed by atoms with Crippen LogP contribution in [0.25, 0.3) is 0 Å². The number of carbonyl (C=O) groups is 2. The molecule has 0 saturated carbocycles. The molecule has 0 aromatic heterocycles. The number of amides is 1. The summed E-state index contributed by atoms with van der Waals surface area (Å²) in [5.41, 5.74) is 0.440. The third kappa shape index (κ3) is 5.23. The van der Waals surface area contributed by atoms with E-state index in [1.54, 1.807) is 18.2 Å². The van der Waals surface area contributed by atoms with Crippen LogP contribution >= 0.6 is 11.6 Å². The molecule has 4 rings (SSSR count). The van der Waals surface area contributed by atoms with Crippen molar-refractivity contribution in [3.8, 4) is 11.5 Å². The summed E-state index contributed by atoms with van der Waals surface area (Å²) in [5, 5.41) is 2.61. The fourth-order valence-electron chi connectivity index (χ4n) is 3.72. The lowest BCUT2D eigenvalue weighted by atomic mass is 10.0. The second kappa shape index (κ2) is 9.58. The molecule has 1 saturated heterocycles. The van der Waals surface area contributed by atoms with Gasteiger partial charge in [0.2, 0.25) is 16.8 Å². The Morgan fingerprint density at radius 2 is 1.97 bits per heavy atom. The van der Waals surface area contributed by atoms with Gasteiger partial charge in [-0.3, -0.25) is 4.79 Å². The Labute approximate surface area is 196 Å². The summed E-state index contributed by atoms with van der Waals surface area (Å²) >= 11 is 6.16. The Morgan fingerprint density at radius 1 is 1.18 bits per heavy atom. The molecule has 176 valence electrons. The van der Waals surface area contributed by atoms with Crippen molar-refractivity contribution in [3.63, 3.8) is 0 Å². The van der Waals surface area contributed by atoms with E-state index in [-0.39, 0.29) is 28.2 Å². The van der Waals surface area contributed by atoms with Crippen molar-refractivity contribution in [2.24, 2.45) is 5.92 Å². The number of fused-ring (bicyclic) bond motifs is 1. The van der Waals surface area contributed by atoms with Gasteiger partial charge in [-0.05, 0) is 49.1 Å². The van der Waals surface area contributed by atoms with Crippen LogP contribution in [-0.2, 0) is 19.6 Å². The molecule has 2 aliphatic rings. The van der Waals surface area contributed by atoms with Crippen LogP contribution in [0.3, 0.4) is 0 Å². The minimum absolute atomic E-state index is 0.0149. The molecular weight excluding hydrogens is 472 g/mol. The highest BCUT2D eigenvalue weighted by Crippen LogP contribution is 2.34. The van der Waals surface area contributed by atoms with Gasteiger partial charge in [0.25, 0.3) is 5.91 Å². The van der Waals surface area contributed by atoms with Crippen molar-refractivity contribution in [1.29, 1.82) is 0 Å². The van der Waals surface area contributed by atoms with Crippen molar-refractivity contribution < 1.29 is 32.2 Å². The van der Waals surface area contributed by atoms with Gasteiger partial charge >= 0.3 is 5.97 Å². The number of hydrogen-bond acceptors (Lipinski definition) is 7. The average molecular weight is 495 g/mol. The van der Waals surface area contributed by atoms with Crippen LogP contribution in [0.5, 0.6) is 11.5 Å². The maximum absolute atomic E-state index is 13.1. The first-order valence-corrected chi connectivity index (χ1v) is 12.2. The van der Waals surface area contributed by atoms with Crippen LogP contribution < -0.4 is 14.8 Å². The highest BCUT2D eigenvalue weighted by atomic mass is 35.5. The fourth-order valence-corrected chi connectivity index (χ4v) is 5.82. The maximum Gasteiger partial charge on any atom is 0.338 e. The number of esters is 1. The Bertz CT molecular complexity index is 1190. The molecule has 2 heterocycles. The number of hydrogen-bond donors (Lipinski definition) is 1. The van der Waals surface area contributed by atoms with E-state index in [2.05, 4.69) is 5.32 Å². The molecule has 2 aromatic carbocycles. The van der Waals surface area contributed by atoms with Crippen molar-refractivity contribution in [1.82, 2.24) is 4.31 Å². The first-order chi connectivity index (χ1) is 15.7. The predicted octanol–water partition coefficient (Wildman–Crippen LogP) is 3.28. The Hall–Kier alpha value is -2.82. The molecule has 33 heavy (non-hydrogen) atoms. The standard InChI is InChI=1S/C22H23ClN2O7S/c1-14-3-2-8-25(11-14)33(28,29)20-9-15(4-6-17(20)23)22(27)30-12-21(26)24-16-5-7-18-19(10-16)32-13-31-18/h4-7,9-10,14H,2-3,8,11-13H2,1H3,(H,24,26)/t14-/m0/s1. The van der Waals surface area contributed by atoms with Gasteiger partial charge in [0, 0.05) is 24.8 Å². The van der Waals surface area contributed by atoms with Crippen molar-refractivity contribution >= 4 is 39.2 Å². The van der Waals surface area contributed by atoms with E-state index in [4.69, 9.17) is 25.8 Å². The summed E-state index contributed by atoms with van der Waals surface area (Å²) in [7, 11) is -3.87. The van der Waals surface area contributed by atoms with E-state index in [9.17, 15) is 18.0 Å². The number of nitrogens with one attached hydrogen (secondary N) is 1. The van der Waals surface area contributed by atoms with Crippen molar-refractivity contribution in [3.05, 3.63) is 47.0 Å². The van der Waals surface area contributed by atoms with E-state index < -0.39 is 28.5 Å². The third-order valence-corrected chi connectivity index (χ3v) is 7.74. The van der Waals surface area contributed by atoms with Crippen molar-refractivity contribution in [2.75, 3.05) is 31.8 Å². The molecule has 1 fully saturated rings. The lowest BCUT2D eigenvalue weighted by molar-refractivity contribution is -0.119. The van der Waals surface area contributed by atoms with E-state index in [0.29, 0.717) is 30.3 Å². The van der Waals surface area contributed by atoms with E-state index in [1.807, 2.05) is 6.92 Å². The normalized spacial score (nSPS) is 18.1. The quantitative estimate of drug-likeness (QED) is 0.613. The van der Waals surface area contributed by atoms with Crippen molar-refractivity contribution in [2.45, 2.75) is 24.7 Å². The van der Waals surface area contributed by atoms with Crippen LogP contribution in [0, 0.1) is 5.92 Å². The summed E-state index contributed by atoms with van der Waals surface area (Å²) in [6.07, 6.45) is 1.72. The first kappa shape index (κ1) is 23.3. The number of nitrogens with zero attached hydrogens (tertiary/aromatic N) is 1. The van der Waals surface area contributed by atoms with Crippen LogP contribution in [-0.4, -0.2) is 51.1 Å². The van der Waals surface area contributed by atoms with Crippen LogP contribution in [0.4, 0.5) is 5.69 Å². The number of ether oxygens (including phenoxy) is 3. The smallest absolute Gasteiger partial charge is 0.338 e. The summed E-state index contributed by atoms with van der Waals surface area (Å²) in [6, 6.07) is 8.77. The lowest BCUT2D eigenvalue weighted by Crippen LogP contribution is -2.39. The SMILES string of the molecule is C[C@H]1CCCN(S(=O)(=O)c2cc(C(=O)OCC(=O)Nc3ccc4c(c3)OCO4)ccc2Cl)C1. The molecule has 11 heteroatoms. The largest absolute Gasteiger partial charge is 0.454 e. The number of benzene rings is 2. The Morgan fingerprint density at radius 3 is 2.76 bits per heavy atom. The molecule has 1 atom stereocenters. The average Bonchev–Trinajstić information content (AvgIpc) is 3.25. The van der Waals surface area contributed by atoms with E-state index >= 15 is 0 Å². The molecule has 2 aromatic rings. The number of sulfonamides is 1. The number of carbonyl (C=O) groups excluding carboxylic acids is 2. The Balaban J connectivity index is 1.40. The Kier molecular flexibility index (Phi) is 6.78. The zero-order chi connectivity index (χ0) is 23.6. The molecular formula is C22H23ClN2O7S. The van der Waals surface area contributed by atoms with Gasteiger partial charge in [-0.1, -0.05) is 18.5 Å². The van der Waals surface area contributed by atoms with Gasteiger partial charge in [0.15, 0.2) is 18.1 Å². The molecule has 0 bridgehead atoms. The third-order valence-electron chi connectivity index (χ3n) is 5.40. The summed E-state index contributed by atoms with van der Waals surface area (Å²) < 4.78 is 43.1. The summed E-state index contributed by atoms with van der Waals surface area (Å²) in [5.74, 6) is -0.0826. The molecule has 0 spiro atoms. The number of halogens is 1. The zero-order valence-electron chi connectivity index (χ0n) is 17.9. The van der Waals surface area contributed by atoms with Gasteiger partial charge in [-0.15, -0.1) is 0 Å². The maximum atomic E-state index is 13.1. The lowest BCUT2D eigenvalue weighted by Gasteiger charge is -2.30. The summed E-state index contributed by atoms with van der Waals surface area (Å²) in [4.78, 5) is 24.5. The van der Waals surface area contributed by atoms with Gasteiger partial charge in [-0.2, -0.15) is 4.31 Å². The van der Waals surface area contributed by atoms with Crippen LogP contribution in [0.2, 0.25) is 5.02 Å². The molecule has 9 nitrogen and oxygen atoms in total. The summed E-state index contributed by atoms with van der Waals surface area (Å²) in [6.45, 7) is 2.35. The van der Waals surface area contributed by atoms with Gasteiger partial charge < -0.3 is 19.5 Å². The van der Waals surface area contributed by atoms with E-state index in [1.165, 1.54) is 22.5 Å². The first-order valence-electron chi connectivity index (χ1n) is 10.4. The molecule has 0 aliphatic carbocycles. The minimum atomic E-state index is -3.87. The molecule has 0 unspecified atom stereocenters. The minimum Gasteiger partial charge on any atom is -0.454 e. The highest BCUT2D eigenvalue weighted by molar-refractivity contribution is 7.89. The fraction of sp³-hybridized carbons (Fsp3) is 0.364. The number of rotatable bonds is 6. The van der Waals surface area contributed by atoms with Crippen LogP contribution in [0.1, 0.15) is 30.1 Å². The zero-order valence-corrected chi connectivity index (χ0v) is 19.4. The van der Waals surface area contributed by atoms with Gasteiger partial charge in [-0.25, -0.2) is 13.2 Å². The topological polar surface area (TPSA) is 111 Å². The predicted molar refractivity (Wildman–Crippen MR) is 120 cm³/mol. The molecule has 0 radical (unpaired) electrons. The molecule has 1 N–H and O–H groups in total. The molecule has 1 amide bonds. The highest BCUT2D eigenvalue weighted by Gasteiger charge is 2.31. The monoisotopic (exact) mass is 494 g/mol.